The number of carbonyl (C=O) groups is 3. The van der Waals surface area contributed by atoms with Crippen molar-refractivity contribution in [3.63, 3.8) is 0 Å². The first-order valence-corrected chi connectivity index (χ1v) is 9.80. The van der Waals surface area contributed by atoms with Crippen molar-refractivity contribution >= 4 is 17.5 Å². The number of aliphatic hydroxyl groups is 1. The van der Waals surface area contributed by atoms with Gasteiger partial charge in [-0.05, 0) is 36.2 Å². The largest absolute Gasteiger partial charge is 0.493 e. The van der Waals surface area contributed by atoms with Crippen LogP contribution >= 0.6 is 0 Å². The molecule has 4 aliphatic rings. The standard InChI is InChI=1S/C21H28O6/c1-9-6-13(26-5)19(25)21(4)11(9)7-14-20(3)12(8-15(22)27-14)10(2)16(23)17(24)18(20)21/h6,9-12,14,16,18,23H,7-8H2,1-5H3/t9-,10-,11+,12+,14-,16-,18+,20-,21+/m1/s1. The number of ether oxygens (including phenoxy) is 2. The third-order valence-corrected chi connectivity index (χ3v) is 8.30. The molecule has 6 nitrogen and oxygen atoms in total. The second kappa shape index (κ2) is 5.66. The fourth-order valence-corrected chi connectivity index (χ4v) is 6.93. The molecule has 3 aliphatic carbocycles. The molecule has 2 saturated carbocycles. The highest BCUT2D eigenvalue weighted by Crippen LogP contribution is 2.67. The molecule has 4 rings (SSSR count). The van der Waals surface area contributed by atoms with E-state index in [1.165, 1.54) is 7.11 Å². The van der Waals surface area contributed by atoms with E-state index in [-0.39, 0.29) is 53.4 Å². The Morgan fingerprint density at radius 3 is 2.48 bits per heavy atom. The summed E-state index contributed by atoms with van der Waals surface area (Å²) >= 11 is 0. The molecule has 0 aromatic rings. The van der Waals surface area contributed by atoms with Gasteiger partial charge in [-0.1, -0.05) is 27.7 Å². The Bertz CT molecular complexity index is 756. The number of rotatable bonds is 1. The molecule has 0 aromatic carbocycles. The highest BCUT2D eigenvalue weighted by molar-refractivity contribution is 6.04. The Morgan fingerprint density at radius 1 is 1.19 bits per heavy atom. The van der Waals surface area contributed by atoms with Crippen LogP contribution in [0.25, 0.3) is 0 Å². The molecule has 1 heterocycles. The van der Waals surface area contributed by atoms with E-state index in [9.17, 15) is 19.5 Å². The fourth-order valence-electron chi connectivity index (χ4n) is 6.93. The highest BCUT2D eigenvalue weighted by atomic mass is 16.5. The molecule has 0 amide bonds. The van der Waals surface area contributed by atoms with Gasteiger partial charge in [-0.2, -0.15) is 0 Å². The Labute approximate surface area is 159 Å². The first-order valence-electron chi connectivity index (χ1n) is 9.80. The molecule has 0 spiro atoms. The number of Topliss-reactive ketones (excluding diaryl/α,β-unsaturated/α-hetero) is 2. The van der Waals surface area contributed by atoms with Crippen LogP contribution in [0.2, 0.25) is 0 Å². The van der Waals surface area contributed by atoms with Crippen LogP contribution in [0.5, 0.6) is 0 Å². The van der Waals surface area contributed by atoms with Crippen LogP contribution < -0.4 is 0 Å². The average Bonchev–Trinajstić information content (AvgIpc) is 2.61. The van der Waals surface area contributed by atoms with Gasteiger partial charge in [-0.15, -0.1) is 0 Å². The van der Waals surface area contributed by atoms with E-state index in [1.807, 2.05) is 33.8 Å². The van der Waals surface area contributed by atoms with Crippen molar-refractivity contribution in [3.05, 3.63) is 11.8 Å². The van der Waals surface area contributed by atoms with E-state index in [2.05, 4.69) is 0 Å². The third-order valence-electron chi connectivity index (χ3n) is 8.30. The maximum Gasteiger partial charge on any atom is 0.306 e. The van der Waals surface area contributed by atoms with Gasteiger partial charge in [-0.3, -0.25) is 14.4 Å². The van der Waals surface area contributed by atoms with Crippen LogP contribution in [-0.2, 0) is 23.9 Å². The SMILES string of the molecule is COC1=C[C@@H](C)[C@@H]2C[C@H]3OC(=O)C[C@H]4[C@@H](C)[C@@H](O)C(=O)[C@H]([C@@]2(C)C1=O)[C@@]34C. The normalized spacial score (nSPS) is 51.7. The average molecular weight is 376 g/mol. The molecule has 0 radical (unpaired) electrons. The predicted octanol–water partition coefficient (Wildman–Crippen LogP) is 1.90. The van der Waals surface area contributed by atoms with Gasteiger partial charge in [0, 0.05) is 23.2 Å². The van der Waals surface area contributed by atoms with E-state index >= 15 is 0 Å². The molecule has 27 heavy (non-hydrogen) atoms. The molecule has 0 unspecified atom stereocenters. The number of hydrogen-bond donors (Lipinski definition) is 1. The monoisotopic (exact) mass is 376 g/mol. The lowest BCUT2D eigenvalue weighted by molar-refractivity contribution is -0.239. The first kappa shape index (κ1) is 18.7. The van der Waals surface area contributed by atoms with Crippen LogP contribution in [0.15, 0.2) is 11.8 Å². The first-order chi connectivity index (χ1) is 12.6. The van der Waals surface area contributed by atoms with Gasteiger partial charge in [0.1, 0.15) is 12.2 Å². The van der Waals surface area contributed by atoms with Crippen molar-refractivity contribution in [1.29, 1.82) is 0 Å². The summed E-state index contributed by atoms with van der Waals surface area (Å²) < 4.78 is 11.1. The summed E-state index contributed by atoms with van der Waals surface area (Å²) in [5, 5.41) is 10.7. The van der Waals surface area contributed by atoms with Crippen LogP contribution in [0.1, 0.15) is 40.5 Å². The summed E-state index contributed by atoms with van der Waals surface area (Å²) in [5.41, 5.74) is -1.65. The molecular formula is C21H28O6. The van der Waals surface area contributed by atoms with Crippen molar-refractivity contribution in [3.8, 4) is 0 Å². The second-order valence-electron chi connectivity index (χ2n) is 9.34. The quantitative estimate of drug-likeness (QED) is 0.703. The fraction of sp³-hybridized carbons (Fsp3) is 0.762. The van der Waals surface area contributed by atoms with Crippen molar-refractivity contribution < 1.29 is 29.0 Å². The van der Waals surface area contributed by atoms with Crippen LogP contribution in [0.3, 0.4) is 0 Å². The summed E-state index contributed by atoms with van der Waals surface area (Å²) in [6, 6.07) is 0. The molecule has 9 atom stereocenters. The zero-order valence-corrected chi connectivity index (χ0v) is 16.5. The molecule has 1 saturated heterocycles. The van der Waals surface area contributed by atoms with Crippen molar-refractivity contribution in [2.24, 2.45) is 40.4 Å². The van der Waals surface area contributed by atoms with Crippen molar-refractivity contribution in [2.75, 3.05) is 7.11 Å². The lowest BCUT2D eigenvalue weighted by Crippen LogP contribution is -2.72. The highest BCUT2D eigenvalue weighted by Gasteiger charge is 2.73. The molecule has 3 fully saturated rings. The minimum atomic E-state index is -1.17. The second-order valence-corrected chi connectivity index (χ2v) is 9.34. The molecule has 1 aliphatic heterocycles. The van der Waals surface area contributed by atoms with Gasteiger partial charge < -0.3 is 14.6 Å². The molecule has 1 N–H and O–H groups in total. The number of carbonyl (C=O) groups excluding carboxylic acids is 3. The molecule has 0 bridgehead atoms. The minimum Gasteiger partial charge on any atom is -0.493 e. The number of fused-ring (bicyclic) bond motifs is 2. The summed E-state index contributed by atoms with van der Waals surface area (Å²) in [7, 11) is 1.47. The zero-order valence-electron chi connectivity index (χ0n) is 16.5. The summed E-state index contributed by atoms with van der Waals surface area (Å²) in [6.45, 7) is 7.66. The van der Waals surface area contributed by atoms with Gasteiger partial charge in [0.15, 0.2) is 11.5 Å². The Morgan fingerprint density at radius 2 is 1.85 bits per heavy atom. The Balaban J connectivity index is 1.94. The molecule has 6 heteroatoms. The number of methoxy groups -OCH3 is 1. The Kier molecular flexibility index (Phi) is 3.91. The molecule has 0 aromatic heterocycles. The third kappa shape index (κ3) is 2.08. The van der Waals surface area contributed by atoms with E-state index in [0.717, 1.165) is 0 Å². The maximum absolute atomic E-state index is 13.4. The zero-order chi connectivity index (χ0) is 19.9. The summed E-state index contributed by atoms with van der Waals surface area (Å²) in [5.74, 6) is -1.86. The Hall–Kier alpha value is -1.69. The van der Waals surface area contributed by atoms with Gasteiger partial charge in [0.2, 0.25) is 5.78 Å². The molecular weight excluding hydrogens is 348 g/mol. The predicted molar refractivity (Wildman–Crippen MR) is 95.2 cm³/mol. The van der Waals surface area contributed by atoms with Crippen LogP contribution in [0, 0.1) is 40.4 Å². The van der Waals surface area contributed by atoms with Gasteiger partial charge in [-0.25, -0.2) is 0 Å². The number of hydrogen-bond acceptors (Lipinski definition) is 6. The van der Waals surface area contributed by atoms with E-state index in [4.69, 9.17) is 9.47 Å². The van der Waals surface area contributed by atoms with Gasteiger partial charge >= 0.3 is 5.97 Å². The minimum absolute atomic E-state index is 0.00410. The van der Waals surface area contributed by atoms with E-state index in [1.54, 1.807) is 0 Å². The lowest BCUT2D eigenvalue weighted by Gasteiger charge is -2.65. The summed E-state index contributed by atoms with van der Waals surface area (Å²) in [4.78, 5) is 39.1. The lowest BCUT2D eigenvalue weighted by atomic mass is 9.38. The van der Waals surface area contributed by atoms with Crippen molar-refractivity contribution in [1.82, 2.24) is 0 Å². The number of esters is 1. The van der Waals surface area contributed by atoms with E-state index in [0.29, 0.717) is 6.42 Å². The summed E-state index contributed by atoms with van der Waals surface area (Å²) in [6.07, 6.45) is 0.939. The van der Waals surface area contributed by atoms with Gasteiger partial charge in [0.25, 0.3) is 0 Å². The molecule has 148 valence electrons. The van der Waals surface area contributed by atoms with Crippen LogP contribution in [-0.4, -0.2) is 42.0 Å². The van der Waals surface area contributed by atoms with Crippen molar-refractivity contribution in [2.45, 2.75) is 52.7 Å². The number of allylic oxidation sites excluding steroid dienone is 2. The number of ketones is 2. The maximum atomic E-state index is 13.4. The smallest absolute Gasteiger partial charge is 0.306 e. The number of aliphatic hydroxyl groups excluding tert-OH is 1. The topological polar surface area (TPSA) is 89.9 Å². The van der Waals surface area contributed by atoms with E-state index < -0.39 is 29.0 Å². The van der Waals surface area contributed by atoms with Crippen LogP contribution in [0.4, 0.5) is 0 Å². The van der Waals surface area contributed by atoms with Gasteiger partial charge in [0.05, 0.1) is 7.11 Å².